The zero-order valence-electron chi connectivity index (χ0n) is 12.1. The summed E-state index contributed by atoms with van der Waals surface area (Å²) in [6.07, 6.45) is 4.09. The van der Waals surface area contributed by atoms with Crippen LogP contribution in [0, 0.1) is 5.41 Å². The molecular formula is C13H22N4O3. The number of carboxylic acid groups (broad SMARTS) is 1. The lowest BCUT2D eigenvalue weighted by atomic mass is 9.90. The van der Waals surface area contributed by atoms with Gasteiger partial charge in [0.2, 0.25) is 0 Å². The third-order valence-corrected chi connectivity index (χ3v) is 3.27. The first-order valence-corrected chi connectivity index (χ1v) is 6.58. The van der Waals surface area contributed by atoms with E-state index in [2.05, 4.69) is 20.6 Å². The van der Waals surface area contributed by atoms with Gasteiger partial charge in [0.15, 0.2) is 0 Å². The predicted molar refractivity (Wildman–Crippen MR) is 74.3 cm³/mol. The lowest BCUT2D eigenvalue weighted by molar-refractivity contribution is -0.139. The number of hydrogen-bond donors (Lipinski definition) is 4. The lowest BCUT2D eigenvalue weighted by Gasteiger charge is -2.23. The molecule has 1 unspecified atom stereocenters. The number of carbonyl (C=O) groups excluding carboxylic acids is 1. The number of imidazole rings is 1. The first kappa shape index (κ1) is 16.0. The van der Waals surface area contributed by atoms with E-state index in [9.17, 15) is 9.59 Å². The smallest absolute Gasteiger partial charge is 0.326 e. The predicted octanol–water partition coefficient (Wildman–Crippen LogP) is 1.14. The second-order valence-electron chi connectivity index (χ2n) is 5.52. The Balaban J connectivity index is 2.49. The molecule has 0 fully saturated rings. The van der Waals surface area contributed by atoms with E-state index in [4.69, 9.17) is 5.11 Å². The number of H-pyrrole nitrogens is 1. The number of amides is 2. The number of urea groups is 1. The lowest BCUT2D eigenvalue weighted by Crippen LogP contribution is -2.48. The molecule has 0 saturated heterocycles. The molecule has 1 heterocycles. The quantitative estimate of drug-likeness (QED) is 0.601. The van der Waals surface area contributed by atoms with Crippen LogP contribution in [0.25, 0.3) is 0 Å². The highest BCUT2D eigenvalue weighted by Crippen LogP contribution is 2.17. The van der Waals surface area contributed by atoms with Gasteiger partial charge in [0.05, 0.1) is 6.33 Å². The minimum absolute atomic E-state index is 0.0144. The number of aliphatic carboxylic acids is 1. The molecule has 4 N–H and O–H groups in total. The summed E-state index contributed by atoms with van der Waals surface area (Å²) in [5.41, 5.74) is 0.644. The number of rotatable bonds is 7. The molecule has 0 saturated carbocycles. The fourth-order valence-corrected chi connectivity index (χ4v) is 1.47. The summed E-state index contributed by atoms with van der Waals surface area (Å²) in [6.45, 7) is 6.60. The number of carboxylic acids is 1. The van der Waals surface area contributed by atoms with Crippen LogP contribution >= 0.6 is 0 Å². The number of nitrogens with one attached hydrogen (secondary N) is 3. The molecule has 0 spiro atoms. The summed E-state index contributed by atoms with van der Waals surface area (Å²) in [5.74, 6) is -1.08. The summed E-state index contributed by atoms with van der Waals surface area (Å²) in [7, 11) is 0. The Labute approximate surface area is 118 Å². The Kier molecular flexibility index (Phi) is 5.54. The molecule has 0 aromatic carbocycles. The van der Waals surface area contributed by atoms with Crippen LogP contribution in [0.3, 0.4) is 0 Å². The Morgan fingerprint density at radius 2 is 2.20 bits per heavy atom. The van der Waals surface area contributed by atoms with Gasteiger partial charge >= 0.3 is 12.0 Å². The Morgan fingerprint density at radius 3 is 2.70 bits per heavy atom. The van der Waals surface area contributed by atoms with Crippen LogP contribution in [-0.2, 0) is 11.2 Å². The molecule has 2 amide bonds. The molecule has 7 nitrogen and oxygen atoms in total. The van der Waals surface area contributed by atoms with Crippen molar-refractivity contribution >= 4 is 12.0 Å². The summed E-state index contributed by atoms with van der Waals surface area (Å²) < 4.78 is 0. The number of aromatic nitrogens is 2. The van der Waals surface area contributed by atoms with Gasteiger partial charge in [-0.2, -0.15) is 0 Å². The molecule has 7 heteroatoms. The maximum absolute atomic E-state index is 11.7. The number of aromatic amines is 1. The van der Waals surface area contributed by atoms with Crippen LogP contribution in [0.5, 0.6) is 0 Å². The van der Waals surface area contributed by atoms with Gasteiger partial charge in [-0.05, 0) is 11.8 Å². The molecule has 0 aliphatic rings. The first-order valence-electron chi connectivity index (χ1n) is 6.58. The Bertz CT molecular complexity index is 442. The molecular weight excluding hydrogens is 260 g/mol. The highest BCUT2D eigenvalue weighted by molar-refractivity contribution is 5.82. The van der Waals surface area contributed by atoms with Crippen molar-refractivity contribution in [1.29, 1.82) is 0 Å². The highest BCUT2D eigenvalue weighted by atomic mass is 16.4. The van der Waals surface area contributed by atoms with Gasteiger partial charge in [-0.15, -0.1) is 0 Å². The number of nitrogens with zero attached hydrogens (tertiary/aromatic N) is 1. The number of carbonyl (C=O) groups is 2. The second kappa shape index (κ2) is 6.93. The molecule has 1 rings (SSSR count). The van der Waals surface area contributed by atoms with Crippen molar-refractivity contribution in [1.82, 2.24) is 20.6 Å². The van der Waals surface area contributed by atoms with Gasteiger partial charge in [0, 0.05) is 24.9 Å². The average Bonchev–Trinajstić information content (AvgIpc) is 2.88. The van der Waals surface area contributed by atoms with Crippen LogP contribution < -0.4 is 10.6 Å². The van der Waals surface area contributed by atoms with Crippen LogP contribution in [-0.4, -0.2) is 39.7 Å². The molecule has 1 aromatic rings. The molecule has 0 aliphatic carbocycles. The molecule has 0 bridgehead atoms. The minimum Gasteiger partial charge on any atom is -0.480 e. The van der Waals surface area contributed by atoms with E-state index in [1.165, 1.54) is 12.5 Å². The van der Waals surface area contributed by atoms with Crippen molar-refractivity contribution in [2.24, 2.45) is 5.41 Å². The summed E-state index contributed by atoms with van der Waals surface area (Å²) >= 11 is 0. The molecule has 20 heavy (non-hydrogen) atoms. The normalized spacial score (nSPS) is 12.8. The van der Waals surface area contributed by atoms with Crippen LogP contribution in [0.4, 0.5) is 4.79 Å². The first-order chi connectivity index (χ1) is 9.34. The zero-order chi connectivity index (χ0) is 15.2. The van der Waals surface area contributed by atoms with Gasteiger partial charge in [0.25, 0.3) is 0 Å². The fraction of sp³-hybridized carbons (Fsp3) is 0.615. The molecule has 0 aliphatic heterocycles. The van der Waals surface area contributed by atoms with Gasteiger partial charge in [-0.3, -0.25) is 0 Å². The topological polar surface area (TPSA) is 107 Å². The Hall–Kier alpha value is -2.05. The highest BCUT2D eigenvalue weighted by Gasteiger charge is 2.22. The van der Waals surface area contributed by atoms with E-state index in [1.807, 2.05) is 20.8 Å². The van der Waals surface area contributed by atoms with E-state index < -0.39 is 18.0 Å². The summed E-state index contributed by atoms with van der Waals surface area (Å²) in [4.78, 5) is 29.5. The largest absolute Gasteiger partial charge is 0.480 e. The van der Waals surface area contributed by atoms with E-state index in [0.29, 0.717) is 12.2 Å². The van der Waals surface area contributed by atoms with E-state index >= 15 is 0 Å². The summed E-state index contributed by atoms with van der Waals surface area (Å²) in [6, 6.07) is -1.46. The maximum Gasteiger partial charge on any atom is 0.326 e. The van der Waals surface area contributed by atoms with Crippen molar-refractivity contribution in [2.75, 3.05) is 6.54 Å². The zero-order valence-corrected chi connectivity index (χ0v) is 12.1. The minimum atomic E-state index is -1.08. The van der Waals surface area contributed by atoms with E-state index in [1.54, 1.807) is 0 Å². The van der Waals surface area contributed by atoms with Gasteiger partial charge < -0.3 is 20.7 Å². The molecule has 1 atom stereocenters. The molecule has 0 radical (unpaired) electrons. The molecule has 1 aromatic heterocycles. The van der Waals surface area contributed by atoms with Crippen molar-refractivity contribution in [3.8, 4) is 0 Å². The van der Waals surface area contributed by atoms with Crippen LogP contribution in [0.1, 0.15) is 32.9 Å². The third kappa shape index (κ3) is 5.29. The maximum atomic E-state index is 11.7. The third-order valence-electron chi connectivity index (χ3n) is 3.27. The number of hydrogen-bond acceptors (Lipinski definition) is 3. The van der Waals surface area contributed by atoms with E-state index in [-0.39, 0.29) is 11.8 Å². The van der Waals surface area contributed by atoms with Crippen LogP contribution in [0.2, 0.25) is 0 Å². The van der Waals surface area contributed by atoms with E-state index in [0.717, 1.165) is 6.42 Å². The summed E-state index contributed by atoms with van der Waals surface area (Å²) in [5, 5.41) is 14.3. The van der Waals surface area contributed by atoms with Crippen molar-refractivity contribution in [2.45, 2.75) is 39.7 Å². The monoisotopic (exact) mass is 282 g/mol. The molecule has 112 valence electrons. The Morgan fingerprint density at radius 1 is 1.50 bits per heavy atom. The van der Waals surface area contributed by atoms with Gasteiger partial charge in [-0.25, -0.2) is 14.6 Å². The van der Waals surface area contributed by atoms with Crippen LogP contribution in [0.15, 0.2) is 12.5 Å². The fourth-order valence-electron chi connectivity index (χ4n) is 1.47. The van der Waals surface area contributed by atoms with Crippen molar-refractivity contribution in [3.63, 3.8) is 0 Å². The van der Waals surface area contributed by atoms with Gasteiger partial charge in [-0.1, -0.05) is 20.8 Å². The van der Waals surface area contributed by atoms with Crippen molar-refractivity contribution < 1.29 is 14.7 Å². The average molecular weight is 282 g/mol. The van der Waals surface area contributed by atoms with Gasteiger partial charge in [0.1, 0.15) is 6.04 Å². The second-order valence-corrected chi connectivity index (χ2v) is 5.52. The van der Waals surface area contributed by atoms with Crippen molar-refractivity contribution in [3.05, 3.63) is 18.2 Å². The SMILES string of the molecule is CCC(C)(C)CNC(=O)NC(Cc1cnc[nH]1)C(=O)O. The standard InChI is InChI=1S/C13H22N4O3/c1-4-13(2,3)7-15-12(20)17-10(11(18)19)5-9-6-14-8-16-9/h6,8,10H,4-5,7H2,1-3H3,(H,14,16)(H,18,19)(H2,15,17,20).